The van der Waals surface area contributed by atoms with Gasteiger partial charge in [-0.25, -0.2) is 4.79 Å². The minimum absolute atomic E-state index is 0.000813. The average Bonchev–Trinajstić information content (AvgIpc) is 2.10. The first-order chi connectivity index (χ1) is 6.91. The number of hydrogen-bond donors (Lipinski definition) is 3. The molecular weight excluding hydrogens is 200 g/mol. The number of carbonyl (C=O) groups is 3. The highest BCUT2D eigenvalue weighted by molar-refractivity contribution is 5.87. The van der Waals surface area contributed by atoms with Crippen LogP contribution in [0, 0.1) is 0 Å². The zero-order valence-electron chi connectivity index (χ0n) is 8.87. The summed E-state index contributed by atoms with van der Waals surface area (Å²) in [6, 6.07) is -0.423. The summed E-state index contributed by atoms with van der Waals surface area (Å²) in [4.78, 5) is 32.2. The predicted octanol–water partition coefficient (Wildman–Crippen LogP) is 0.128. The van der Waals surface area contributed by atoms with Gasteiger partial charge in [0.2, 0.25) is 0 Å². The van der Waals surface area contributed by atoms with Gasteiger partial charge in [0.05, 0.1) is 13.0 Å². The van der Waals surface area contributed by atoms with Crippen LogP contribution in [0.25, 0.3) is 0 Å². The van der Waals surface area contributed by atoms with E-state index in [1.807, 2.05) is 0 Å². The number of ketones is 1. The van der Waals surface area contributed by atoms with E-state index in [-0.39, 0.29) is 31.2 Å². The third-order valence-corrected chi connectivity index (χ3v) is 1.48. The molecule has 0 saturated carbocycles. The molecule has 0 spiro atoms. The number of aliphatic carboxylic acids is 1. The third-order valence-electron chi connectivity index (χ3n) is 1.48. The molecule has 2 amide bonds. The molecule has 86 valence electrons. The van der Waals surface area contributed by atoms with Crippen molar-refractivity contribution >= 4 is 17.8 Å². The lowest BCUT2D eigenvalue weighted by molar-refractivity contribution is -0.138. The van der Waals surface area contributed by atoms with E-state index in [0.29, 0.717) is 0 Å². The summed E-state index contributed by atoms with van der Waals surface area (Å²) in [5.74, 6) is -1.31. The Kier molecular flexibility index (Phi) is 6.08. The molecule has 6 heteroatoms. The molecule has 3 N–H and O–H groups in total. The Bertz CT molecular complexity index is 250. The Morgan fingerprint density at radius 2 is 1.80 bits per heavy atom. The fourth-order valence-electron chi connectivity index (χ4n) is 0.827. The second kappa shape index (κ2) is 6.80. The molecule has 0 saturated heterocycles. The number of urea groups is 1. The lowest BCUT2D eigenvalue weighted by atomic mass is 10.2. The number of hydrogen-bond acceptors (Lipinski definition) is 3. The van der Waals surface area contributed by atoms with Crippen LogP contribution in [0.4, 0.5) is 4.79 Å². The summed E-state index contributed by atoms with van der Waals surface area (Å²) in [5.41, 5.74) is 0. The number of nitrogens with one attached hydrogen (secondary N) is 2. The van der Waals surface area contributed by atoms with Crippen molar-refractivity contribution in [3.63, 3.8) is 0 Å². The van der Waals surface area contributed by atoms with Gasteiger partial charge in [-0.15, -0.1) is 0 Å². The SMILES string of the molecule is CC(C)NC(=O)NCC(=O)CCC(=O)O. The molecule has 0 aliphatic rings. The Morgan fingerprint density at radius 1 is 1.20 bits per heavy atom. The van der Waals surface area contributed by atoms with Gasteiger partial charge < -0.3 is 15.7 Å². The van der Waals surface area contributed by atoms with E-state index in [9.17, 15) is 14.4 Å². The molecule has 0 bridgehead atoms. The average molecular weight is 216 g/mol. The molecule has 6 nitrogen and oxygen atoms in total. The van der Waals surface area contributed by atoms with Crippen molar-refractivity contribution in [1.29, 1.82) is 0 Å². The first kappa shape index (κ1) is 13.4. The van der Waals surface area contributed by atoms with Crippen LogP contribution < -0.4 is 10.6 Å². The zero-order valence-corrected chi connectivity index (χ0v) is 8.87. The van der Waals surface area contributed by atoms with Crippen LogP contribution in [0.5, 0.6) is 0 Å². The number of rotatable bonds is 6. The van der Waals surface area contributed by atoms with Crippen LogP contribution in [-0.2, 0) is 9.59 Å². The monoisotopic (exact) mass is 216 g/mol. The van der Waals surface area contributed by atoms with Gasteiger partial charge in [0.1, 0.15) is 0 Å². The molecule has 0 aromatic carbocycles. The largest absolute Gasteiger partial charge is 0.481 e. The van der Waals surface area contributed by atoms with Crippen molar-refractivity contribution in [2.75, 3.05) is 6.54 Å². The van der Waals surface area contributed by atoms with Gasteiger partial charge in [-0.3, -0.25) is 9.59 Å². The molecule has 0 fully saturated rings. The minimum Gasteiger partial charge on any atom is -0.481 e. The lowest BCUT2D eigenvalue weighted by Gasteiger charge is -2.09. The molecule has 0 aliphatic heterocycles. The molecule has 0 heterocycles. The van der Waals surface area contributed by atoms with E-state index in [4.69, 9.17) is 5.11 Å². The van der Waals surface area contributed by atoms with Crippen LogP contribution in [0.1, 0.15) is 26.7 Å². The number of carboxylic acid groups (broad SMARTS) is 1. The number of carbonyl (C=O) groups excluding carboxylic acids is 2. The van der Waals surface area contributed by atoms with Gasteiger partial charge in [0.25, 0.3) is 0 Å². The van der Waals surface area contributed by atoms with E-state index in [1.54, 1.807) is 13.8 Å². The Balaban J connectivity index is 3.62. The molecule has 0 aromatic rings. The van der Waals surface area contributed by atoms with Crippen LogP contribution in [0.15, 0.2) is 0 Å². The fraction of sp³-hybridized carbons (Fsp3) is 0.667. The maximum absolute atomic E-state index is 11.0. The molecule has 0 aliphatic carbocycles. The highest BCUT2D eigenvalue weighted by atomic mass is 16.4. The molecule has 15 heavy (non-hydrogen) atoms. The van der Waals surface area contributed by atoms with Crippen LogP contribution >= 0.6 is 0 Å². The summed E-state index contributed by atoms with van der Waals surface area (Å²) in [6.45, 7) is 3.46. The molecule has 0 rings (SSSR count). The minimum atomic E-state index is -1.02. The van der Waals surface area contributed by atoms with Gasteiger partial charge in [-0.2, -0.15) is 0 Å². The molecule has 0 aromatic heterocycles. The first-order valence-corrected chi connectivity index (χ1v) is 4.69. The summed E-state index contributed by atoms with van der Waals surface area (Å²) in [6.07, 6.45) is -0.260. The van der Waals surface area contributed by atoms with Crippen LogP contribution in [0.3, 0.4) is 0 Å². The van der Waals surface area contributed by atoms with E-state index in [0.717, 1.165) is 0 Å². The quantitative estimate of drug-likeness (QED) is 0.588. The van der Waals surface area contributed by atoms with Crippen molar-refractivity contribution in [3.8, 4) is 0 Å². The van der Waals surface area contributed by atoms with Crippen molar-refractivity contribution in [2.45, 2.75) is 32.7 Å². The highest BCUT2D eigenvalue weighted by Gasteiger charge is 2.07. The number of Topliss-reactive ketones (excluding diaryl/α,β-unsaturated/α-hetero) is 1. The standard InChI is InChI=1S/C9H16N2O4/c1-6(2)11-9(15)10-5-7(12)3-4-8(13)14/h6H,3-5H2,1-2H3,(H,13,14)(H2,10,11,15). The Morgan fingerprint density at radius 3 is 2.27 bits per heavy atom. The molecule has 0 atom stereocenters. The number of carboxylic acids is 1. The van der Waals surface area contributed by atoms with E-state index < -0.39 is 12.0 Å². The number of amides is 2. The highest BCUT2D eigenvalue weighted by Crippen LogP contribution is 1.89. The normalized spacial score (nSPS) is 9.80. The van der Waals surface area contributed by atoms with E-state index >= 15 is 0 Å². The van der Waals surface area contributed by atoms with Crippen molar-refractivity contribution in [3.05, 3.63) is 0 Å². The van der Waals surface area contributed by atoms with Crippen LogP contribution in [0.2, 0.25) is 0 Å². The Labute approximate surface area is 88.0 Å². The lowest BCUT2D eigenvalue weighted by Crippen LogP contribution is -2.41. The zero-order chi connectivity index (χ0) is 11.8. The van der Waals surface area contributed by atoms with Gasteiger partial charge in [0.15, 0.2) is 5.78 Å². The first-order valence-electron chi connectivity index (χ1n) is 4.69. The van der Waals surface area contributed by atoms with Crippen molar-refractivity contribution in [2.24, 2.45) is 0 Å². The maximum atomic E-state index is 11.0. The third kappa shape index (κ3) is 8.73. The Hall–Kier alpha value is -1.59. The van der Waals surface area contributed by atoms with Gasteiger partial charge in [-0.05, 0) is 13.8 Å². The summed E-state index contributed by atoms with van der Waals surface area (Å²) < 4.78 is 0. The van der Waals surface area contributed by atoms with E-state index in [1.165, 1.54) is 0 Å². The molecular formula is C9H16N2O4. The summed E-state index contributed by atoms with van der Waals surface area (Å²) in [7, 11) is 0. The van der Waals surface area contributed by atoms with Crippen molar-refractivity contribution < 1.29 is 19.5 Å². The summed E-state index contributed by atoms with van der Waals surface area (Å²) >= 11 is 0. The van der Waals surface area contributed by atoms with Gasteiger partial charge in [0, 0.05) is 12.5 Å². The summed E-state index contributed by atoms with van der Waals surface area (Å²) in [5, 5.41) is 13.2. The van der Waals surface area contributed by atoms with E-state index in [2.05, 4.69) is 10.6 Å². The van der Waals surface area contributed by atoms with Crippen molar-refractivity contribution in [1.82, 2.24) is 10.6 Å². The second-order valence-electron chi connectivity index (χ2n) is 3.41. The molecule has 0 unspecified atom stereocenters. The van der Waals surface area contributed by atoms with Gasteiger partial charge in [-0.1, -0.05) is 0 Å². The van der Waals surface area contributed by atoms with Gasteiger partial charge >= 0.3 is 12.0 Å². The maximum Gasteiger partial charge on any atom is 0.315 e. The topological polar surface area (TPSA) is 95.5 Å². The second-order valence-corrected chi connectivity index (χ2v) is 3.41. The fourth-order valence-corrected chi connectivity index (χ4v) is 0.827. The predicted molar refractivity (Wildman–Crippen MR) is 53.5 cm³/mol. The molecule has 0 radical (unpaired) electrons. The smallest absolute Gasteiger partial charge is 0.315 e. The van der Waals surface area contributed by atoms with Crippen LogP contribution in [-0.4, -0.2) is 35.5 Å².